The first-order valence-corrected chi connectivity index (χ1v) is 6.56. The predicted molar refractivity (Wildman–Crippen MR) is 72.4 cm³/mol. The highest BCUT2D eigenvalue weighted by Gasteiger charge is 2.13. The average Bonchev–Trinajstić information content (AvgIpc) is 2.81. The summed E-state index contributed by atoms with van der Waals surface area (Å²) in [5.74, 6) is 2.19. The van der Waals surface area contributed by atoms with Crippen LogP contribution in [0.4, 0.5) is 0 Å². The van der Waals surface area contributed by atoms with E-state index in [9.17, 15) is 0 Å². The van der Waals surface area contributed by atoms with E-state index in [1.165, 1.54) is 0 Å². The van der Waals surface area contributed by atoms with Crippen molar-refractivity contribution in [1.29, 1.82) is 0 Å². The predicted octanol–water partition coefficient (Wildman–Crippen LogP) is 4.17. The van der Waals surface area contributed by atoms with Gasteiger partial charge < -0.3 is 9.47 Å². The molecule has 0 fully saturated rings. The molecule has 1 aromatic carbocycles. The third kappa shape index (κ3) is 2.40. The molecular weight excluding hydrogens is 256 g/mol. The summed E-state index contributed by atoms with van der Waals surface area (Å²) in [4.78, 5) is 1.10. The first-order valence-electron chi connectivity index (χ1n) is 5.15. The molecule has 0 bridgehead atoms. The number of thiophene rings is 1. The second kappa shape index (κ2) is 5.43. The van der Waals surface area contributed by atoms with E-state index in [0.29, 0.717) is 5.88 Å². The van der Waals surface area contributed by atoms with Crippen molar-refractivity contribution >= 4 is 22.9 Å². The van der Waals surface area contributed by atoms with Gasteiger partial charge in [-0.25, -0.2) is 0 Å². The van der Waals surface area contributed by atoms with Gasteiger partial charge in [-0.05, 0) is 35.2 Å². The van der Waals surface area contributed by atoms with Crippen molar-refractivity contribution in [2.75, 3.05) is 14.2 Å². The standard InChI is InChI=1S/C13H13ClO2S/c1-15-11-5-3-9(4-6-11)13-12(16-2)10(7-14)8-17-13/h3-6,8H,7H2,1-2H3. The molecule has 0 aliphatic heterocycles. The number of benzene rings is 1. The SMILES string of the molecule is COc1ccc(-c2scc(CCl)c2OC)cc1. The molecule has 1 aromatic heterocycles. The lowest BCUT2D eigenvalue weighted by molar-refractivity contribution is 0.413. The molecule has 2 aromatic rings. The minimum atomic E-state index is 0.468. The van der Waals surface area contributed by atoms with E-state index in [-0.39, 0.29) is 0 Å². The summed E-state index contributed by atoms with van der Waals surface area (Å²) >= 11 is 7.51. The van der Waals surface area contributed by atoms with E-state index in [0.717, 1.165) is 27.5 Å². The highest BCUT2D eigenvalue weighted by atomic mass is 35.5. The fourth-order valence-corrected chi connectivity index (χ4v) is 2.97. The lowest BCUT2D eigenvalue weighted by atomic mass is 10.1. The van der Waals surface area contributed by atoms with E-state index in [4.69, 9.17) is 21.1 Å². The number of halogens is 1. The molecule has 0 atom stereocenters. The molecule has 17 heavy (non-hydrogen) atoms. The van der Waals surface area contributed by atoms with Gasteiger partial charge in [0, 0.05) is 5.56 Å². The minimum absolute atomic E-state index is 0.468. The molecule has 0 amide bonds. The van der Waals surface area contributed by atoms with Crippen molar-refractivity contribution in [3.05, 3.63) is 35.2 Å². The zero-order chi connectivity index (χ0) is 12.3. The van der Waals surface area contributed by atoms with Gasteiger partial charge in [0.05, 0.1) is 25.0 Å². The monoisotopic (exact) mass is 268 g/mol. The Morgan fingerprint density at radius 3 is 2.35 bits per heavy atom. The first-order chi connectivity index (χ1) is 8.30. The van der Waals surface area contributed by atoms with Crippen LogP contribution in [0, 0.1) is 0 Å². The molecule has 0 saturated heterocycles. The van der Waals surface area contributed by atoms with E-state index in [1.807, 2.05) is 29.6 Å². The number of rotatable bonds is 4. The Bertz CT molecular complexity index is 491. The molecule has 4 heteroatoms. The summed E-state index contributed by atoms with van der Waals surface area (Å²) < 4.78 is 10.6. The van der Waals surface area contributed by atoms with Crippen molar-refractivity contribution in [3.63, 3.8) is 0 Å². The maximum Gasteiger partial charge on any atom is 0.141 e. The number of ether oxygens (including phenoxy) is 2. The van der Waals surface area contributed by atoms with Gasteiger partial charge in [0.2, 0.25) is 0 Å². The Morgan fingerprint density at radius 1 is 1.12 bits per heavy atom. The number of hydrogen-bond donors (Lipinski definition) is 0. The quantitative estimate of drug-likeness (QED) is 0.775. The van der Waals surface area contributed by atoms with Crippen LogP contribution in [-0.4, -0.2) is 14.2 Å². The molecular formula is C13H13ClO2S. The van der Waals surface area contributed by atoms with Gasteiger partial charge in [0.25, 0.3) is 0 Å². The smallest absolute Gasteiger partial charge is 0.141 e. The lowest BCUT2D eigenvalue weighted by Crippen LogP contribution is -1.87. The van der Waals surface area contributed by atoms with E-state index in [1.54, 1.807) is 25.6 Å². The maximum atomic E-state index is 5.87. The summed E-state index contributed by atoms with van der Waals surface area (Å²) in [6.45, 7) is 0. The van der Waals surface area contributed by atoms with Crippen molar-refractivity contribution in [2.45, 2.75) is 5.88 Å². The van der Waals surface area contributed by atoms with Gasteiger partial charge in [-0.3, -0.25) is 0 Å². The van der Waals surface area contributed by atoms with Crippen LogP contribution in [0.5, 0.6) is 11.5 Å². The molecule has 0 aliphatic carbocycles. The molecule has 0 radical (unpaired) electrons. The Morgan fingerprint density at radius 2 is 1.82 bits per heavy atom. The zero-order valence-electron chi connectivity index (χ0n) is 9.70. The normalized spacial score (nSPS) is 10.3. The summed E-state index contributed by atoms with van der Waals surface area (Å²) in [7, 11) is 3.33. The number of methoxy groups -OCH3 is 2. The molecule has 2 nitrogen and oxygen atoms in total. The van der Waals surface area contributed by atoms with E-state index in [2.05, 4.69) is 0 Å². The van der Waals surface area contributed by atoms with Crippen LogP contribution in [-0.2, 0) is 5.88 Å². The van der Waals surface area contributed by atoms with Crippen LogP contribution in [0.3, 0.4) is 0 Å². The lowest BCUT2D eigenvalue weighted by Gasteiger charge is -2.05. The van der Waals surface area contributed by atoms with Gasteiger partial charge >= 0.3 is 0 Å². The Labute approximate surface area is 110 Å². The van der Waals surface area contributed by atoms with Crippen LogP contribution in [0.2, 0.25) is 0 Å². The fourth-order valence-electron chi connectivity index (χ4n) is 1.64. The fraction of sp³-hybridized carbons (Fsp3) is 0.231. The molecule has 90 valence electrons. The van der Waals surface area contributed by atoms with E-state index < -0.39 is 0 Å². The van der Waals surface area contributed by atoms with Crippen LogP contribution in [0.1, 0.15) is 5.56 Å². The van der Waals surface area contributed by atoms with Crippen LogP contribution < -0.4 is 9.47 Å². The second-order valence-corrected chi connectivity index (χ2v) is 4.63. The molecule has 2 rings (SSSR count). The number of hydrogen-bond acceptors (Lipinski definition) is 3. The summed E-state index contributed by atoms with van der Waals surface area (Å²) in [6.07, 6.45) is 0. The van der Waals surface area contributed by atoms with Crippen LogP contribution >= 0.6 is 22.9 Å². The number of alkyl halides is 1. The highest BCUT2D eigenvalue weighted by molar-refractivity contribution is 7.14. The van der Waals surface area contributed by atoms with Crippen molar-refractivity contribution in [2.24, 2.45) is 0 Å². The summed E-state index contributed by atoms with van der Waals surface area (Å²) in [5, 5.41) is 2.03. The van der Waals surface area contributed by atoms with Gasteiger partial charge in [0.1, 0.15) is 11.5 Å². The van der Waals surface area contributed by atoms with Crippen LogP contribution in [0.15, 0.2) is 29.6 Å². The van der Waals surface area contributed by atoms with Gasteiger partial charge in [-0.15, -0.1) is 22.9 Å². The molecule has 0 saturated carbocycles. The first kappa shape index (κ1) is 12.3. The summed E-state index contributed by atoms with van der Waals surface area (Å²) in [6, 6.07) is 7.92. The average molecular weight is 269 g/mol. The van der Waals surface area contributed by atoms with Gasteiger partial charge in [0.15, 0.2) is 0 Å². The van der Waals surface area contributed by atoms with Gasteiger partial charge in [-0.2, -0.15) is 0 Å². The second-order valence-electron chi connectivity index (χ2n) is 3.49. The third-order valence-electron chi connectivity index (χ3n) is 2.52. The Hall–Kier alpha value is -1.19. The Balaban J connectivity index is 2.41. The maximum absolute atomic E-state index is 5.87. The minimum Gasteiger partial charge on any atom is -0.497 e. The van der Waals surface area contributed by atoms with Crippen molar-refractivity contribution in [3.8, 4) is 21.9 Å². The summed E-state index contributed by atoms with van der Waals surface area (Å²) in [5.41, 5.74) is 2.15. The molecule has 0 unspecified atom stereocenters. The topological polar surface area (TPSA) is 18.5 Å². The molecule has 0 aliphatic rings. The third-order valence-corrected chi connectivity index (χ3v) is 3.86. The van der Waals surface area contributed by atoms with Gasteiger partial charge in [-0.1, -0.05) is 0 Å². The molecule has 0 spiro atoms. The Kier molecular flexibility index (Phi) is 3.92. The van der Waals surface area contributed by atoms with Crippen molar-refractivity contribution < 1.29 is 9.47 Å². The zero-order valence-corrected chi connectivity index (χ0v) is 11.3. The van der Waals surface area contributed by atoms with E-state index >= 15 is 0 Å². The molecule has 1 heterocycles. The highest BCUT2D eigenvalue weighted by Crippen LogP contribution is 2.40. The largest absolute Gasteiger partial charge is 0.497 e. The molecule has 0 N–H and O–H groups in total. The van der Waals surface area contributed by atoms with Crippen molar-refractivity contribution in [1.82, 2.24) is 0 Å². The van der Waals surface area contributed by atoms with Crippen LogP contribution in [0.25, 0.3) is 10.4 Å².